The molecule has 3 aromatic carbocycles. The van der Waals surface area contributed by atoms with Gasteiger partial charge in [-0.3, -0.25) is 23.5 Å². The van der Waals surface area contributed by atoms with Crippen molar-refractivity contribution in [3.8, 4) is 0 Å². The van der Waals surface area contributed by atoms with E-state index < -0.39 is 5.69 Å². The third-order valence-electron chi connectivity index (χ3n) is 8.39. The molecule has 1 aliphatic carbocycles. The number of fused-ring (bicyclic) bond motifs is 1. The van der Waals surface area contributed by atoms with Gasteiger partial charge in [-0.2, -0.15) is 0 Å². The number of hydrogen-bond donors (Lipinski definition) is 2. The van der Waals surface area contributed by atoms with Gasteiger partial charge in [0, 0.05) is 24.7 Å². The highest BCUT2D eigenvalue weighted by molar-refractivity contribution is 5.93. The van der Waals surface area contributed by atoms with Crippen molar-refractivity contribution in [3.05, 3.63) is 110 Å². The molecule has 0 spiro atoms. The SMILES string of the molecule is Cc1cccc(C)c1NC(=O)Cn1c(=O)n(CC2CCC(C(=O)NCCc3ccccc3)CC2)c(=O)c2ccccc21. The minimum Gasteiger partial charge on any atom is -0.356 e. The fraction of sp³-hybridized carbons (Fsp3) is 0.353. The summed E-state index contributed by atoms with van der Waals surface area (Å²) < 4.78 is 2.67. The van der Waals surface area contributed by atoms with Crippen molar-refractivity contribution in [3.63, 3.8) is 0 Å². The van der Waals surface area contributed by atoms with Gasteiger partial charge in [0.25, 0.3) is 5.56 Å². The summed E-state index contributed by atoms with van der Waals surface area (Å²) in [6, 6.07) is 22.8. The molecule has 42 heavy (non-hydrogen) atoms. The van der Waals surface area contributed by atoms with E-state index in [2.05, 4.69) is 22.8 Å². The predicted molar refractivity (Wildman–Crippen MR) is 166 cm³/mol. The molecule has 0 saturated heterocycles. The molecular formula is C34H38N4O4. The van der Waals surface area contributed by atoms with Gasteiger partial charge in [0.2, 0.25) is 11.8 Å². The number of para-hydroxylation sites is 2. The van der Waals surface area contributed by atoms with Crippen molar-refractivity contribution in [1.29, 1.82) is 0 Å². The number of hydrogen-bond acceptors (Lipinski definition) is 4. The van der Waals surface area contributed by atoms with Crippen LogP contribution in [0.3, 0.4) is 0 Å². The Morgan fingerprint density at radius 3 is 2.19 bits per heavy atom. The number of nitrogens with one attached hydrogen (secondary N) is 2. The number of carbonyl (C=O) groups is 2. The molecule has 4 aromatic rings. The smallest absolute Gasteiger partial charge is 0.331 e. The third-order valence-corrected chi connectivity index (χ3v) is 8.39. The lowest BCUT2D eigenvalue weighted by Crippen LogP contribution is -2.43. The van der Waals surface area contributed by atoms with E-state index >= 15 is 0 Å². The molecular weight excluding hydrogens is 528 g/mol. The lowest BCUT2D eigenvalue weighted by molar-refractivity contribution is -0.126. The fourth-order valence-electron chi connectivity index (χ4n) is 6.00. The Hall–Kier alpha value is -4.46. The molecule has 2 amide bonds. The van der Waals surface area contributed by atoms with Gasteiger partial charge < -0.3 is 10.6 Å². The number of rotatable bonds is 9. The van der Waals surface area contributed by atoms with Crippen molar-refractivity contribution in [2.45, 2.75) is 59.0 Å². The Bertz CT molecular complexity index is 1680. The Morgan fingerprint density at radius 1 is 0.810 bits per heavy atom. The van der Waals surface area contributed by atoms with Gasteiger partial charge in [-0.25, -0.2) is 4.79 Å². The third kappa shape index (κ3) is 6.54. The van der Waals surface area contributed by atoms with Crippen LogP contribution in [0.2, 0.25) is 0 Å². The molecule has 2 N–H and O–H groups in total. The highest BCUT2D eigenvalue weighted by Gasteiger charge is 2.27. The second kappa shape index (κ2) is 13.0. The second-order valence-corrected chi connectivity index (χ2v) is 11.4. The van der Waals surface area contributed by atoms with Crippen LogP contribution in [0.15, 0.2) is 82.4 Å². The Morgan fingerprint density at radius 2 is 1.48 bits per heavy atom. The zero-order valence-electron chi connectivity index (χ0n) is 24.3. The van der Waals surface area contributed by atoms with Crippen LogP contribution in [0.1, 0.15) is 42.4 Å². The number of amides is 2. The first-order valence-electron chi connectivity index (χ1n) is 14.7. The lowest BCUT2D eigenvalue weighted by atomic mass is 9.81. The number of aryl methyl sites for hydroxylation is 2. The molecule has 1 aliphatic rings. The van der Waals surface area contributed by atoms with Gasteiger partial charge in [0.15, 0.2) is 0 Å². The molecule has 1 fully saturated rings. The van der Waals surface area contributed by atoms with Gasteiger partial charge in [0.1, 0.15) is 6.54 Å². The summed E-state index contributed by atoms with van der Waals surface area (Å²) in [5, 5.41) is 6.42. The van der Waals surface area contributed by atoms with Gasteiger partial charge in [-0.1, -0.05) is 60.7 Å². The van der Waals surface area contributed by atoms with Crippen LogP contribution in [0, 0.1) is 25.7 Å². The largest absolute Gasteiger partial charge is 0.356 e. The molecule has 0 radical (unpaired) electrons. The first kappa shape index (κ1) is 29.0. The summed E-state index contributed by atoms with van der Waals surface area (Å²) in [5.41, 5.74) is 3.40. The Kier molecular flexibility index (Phi) is 9.00. The van der Waals surface area contributed by atoms with Crippen molar-refractivity contribution >= 4 is 28.4 Å². The van der Waals surface area contributed by atoms with Crippen LogP contribution in [-0.4, -0.2) is 27.5 Å². The summed E-state index contributed by atoms with van der Waals surface area (Å²) >= 11 is 0. The van der Waals surface area contributed by atoms with Gasteiger partial charge in [0.05, 0.1) is 10.9 Å². The average Bonchev–Trinajstić information content (AvgIpc) is 3.00. The molecule has 0 unspecified atom stereocenters. The Labute approximate surface area is 245 Å². The van der Waals surface area contributed by atoms with Crippen molar-refractivity contribution in [2.24, 2.45) is 11.8 Å². The van der Waals surface area contributed by atoms with Crippen molar-refractivity contribution < 1.29 is 9.59 Å². The van der Waals surface area contributed by atoms with Crippen LogP contribution in [0.25, 0.3) is 10.9 Å². The molecule has 1 saturated carbocycles. The highest BCUT2D eigenvalue weighted by Crippen LogP contribution is 2.29. The van der Waals surface area contributed by atoms with Crippen LogP contribution in [0.5, 0.6) is 0 Å². The first-order valence-corrected chi connectivity index (χ1v) is 14.7. The van der Waals surface area contributed by atoms with E-state index in [9.17, 15) is 19.2 Å². The summed E-state index contributed by atoms with van der Waals surface area (Å²) in [6.07, 6.45) is 3.74. The minimum absolute atomic E-state index is 0.0596. The molecule has 1 aromatic heterocycles. The molecule has 8 nitrogen and oxygen atoms in total. The second-order valence-electron chi connectivity index (χ2n) is 11.4. The maximum atomic E-state index is 13.7. The standard InChI is InChI=1S/C34H38N4O4/c1-23-9-8-10-24(2)31(23)36-30(39)22-37-29-14-7-6-13-28(29)33(41)38(34(37)42)21-26-15-17-27(18-16-26)32(40)35-20-19-25-11-4-3-5-12-25/h3-14,26-27H,15-22H2,1-2H3,(H,35,40)(H,36,39). The van der Waals surface area contributed by atoms with Crippen LogP contribution in [-0.2, 0) is 29.1 Å². The van der Waals surface area contributed by atoms with Crippen molar-refractivity contribution in [1.82, 2.24) is 14.5 Å². The molecule has 1 heterocycles. The average molecular weight is 567 g/mol. The zero-order valence-corrected chi connectivity index (χ0v) is 24.3. The number of aromatic nitrogens is 2. The highest BCUT2D eigenvalue weighted by atomic mass is 16.2. The normalized spacial score (nSPS) is 16.7. The maximum absolute atomic E-state index is 13.7. The summed E-state index contributed by atoms with van der Waals surface area (Å²) in [7, 11) is 0. The van der Waals surface area contributed by atoms with E-state index in [4.69, 9.17) is 0 Å². The predicted octanol–water partition coefficient (Wildman–Crippen LogP) is 4.58. The van der Waals surface area contributed by atoms with Crippen LogP contribution >= 0.6 is 0 Å². The van der Waals surface area contributed by atoms with E-state index in [-0.39, 0.29) is 42.3 Å². The molecule has 5 rings (SSSR count). The van der Waals surface area contributed by atoms with Gasteiger partial charge in [-0.05, 0) is 80.7 Å². The Balaban J connectivity index is 1.27. The molecule has 218 valence electrons. The zero-order chi connectivity index (χ0) is 29.6. The monoisotopic (exact) mass is 566 g/mol. The van der Waals surface area contributed by atoms with E-state index in [1.54, 1.807) is 24.3 Å². The minimum atomic E-state index is -0.490. The topological polar surface area (TPSA) is 102 Å². The fourth-order valence-corrected chi connectivity index (χ4v) is 6.00. The quantitative estimate of drug-likeness (QED) is 0.310. The summed E-state index contributed by atoms with van der Waals surface area (Å²) in [5.74, 6) is -0.217. The molecule has 0 atom stereocenters. The summed E-state index contributed by atoms with van der Waals surface area (Å²) in [6.45, 7) is 4.51. The molecule has 0 bridgehead atoms. The number of carbonyl (C=O) groups excluding carboxylic acids is 2. The number of benzene rings is 3. The number of nitrogens with zero attached hydrogens (tertiary/aromatic N) is 2. The molecule has 8 heteroatoms. The van der Waals surface area contributed by atoms with Gasteiger partial charge >= 0.3 is 5.69 Å². The first-order chi connectivity index (χ1) is 20.3. The summed E-state index contributed by atoms with van der Waals surface area (Å²) in [4.78, 5) is 53.0. The van der Waals surface area contributed by atoms with Gasteiger partial charge in [-0.15, -0.1) is 0 Å². The maximum Gasteiger partial charge on any atom is 0.331 e. The van der Waals surface area contributed by atoms with Crippen LogP contribution in [0.4, 0.5) is 5.69 Å². The van der Waals surface area contributed by atoms with E-state index in [0.29, 0.717) is 17.4 Å². The van der Waals surface area contributed by atoms with E-state index in [1.165, 1.54) is 14.7 Å². The lowest BCUT2D eigenvalue weighted by Gasteiger charge is -2.28. The van der Waals surface area contributed by atoms with Crippen molar-refractivity contribution in [2.75, 3.05) is 11.9 Å². The van der Waals surface area contributed by atoms with Crippen LogP contribution < -0.4 is 21.9 Å². The van der Waals surface area contributed by atoms with E-state index in [1.807, 2.05) is 50.2 Å². The molecule has 0 aliphatic heterocycles. The number of anilines is 1. The van der Waals surface area contributed by atoms with E-state index in [0.717, 1.165) is 48.9 Å².